The fraction of sp³-hybridized carbons (Fsp3) is 0.394. The first kappa shape index (κ1) is 41.5. The molecular weight excluding hydrogens is 536 g/mol. The maximum absolute atomic E-state index is 13.3. The van der Waals surface area contributed by atoms with E-state index in [-0.39, 0.29) is 5.82 Å². The molecule has 0 bridgehead atoms. The fourth-order valence-electron chi connectivity index (χ4n) is 2.58. The van der Waals surface area contributed by atoms with Crippen LogP contribution < -0.4 is 11.1 Å². The van der Waals surface area contributed by atoms with Gasteiger partial charge in [0.2, 0.25) is 0 Å². The molecule has 0 aliphatic heterocycles. The van der Waals surface area contributed by atoms with Crippen molar-refractivity contribution < 1.29 is 4.39 Å². The van der Waals surface area contributed by atoms with Crippen LogP contribution in [0.1, 0.15) is 80.4 Å². The minimum Gasteiger partial charge on any atom is -0.375 e. The summed E-state index contributed by atoms with van der Waals surface area (Å²) in [5.41, 5.74) is 11.9. The highest BCUT2D eigenvalue weighted by Gasteiger charge is 2.08. The van der Waals surface area contributed by atoms with E-state index >= 15 is 0 Å². The Balaban J connectivity index is -0.000000465. The van der Waals surface area contributed by atoms with Gasteiger partial charge in [-0.2, -0.15) is 0 Å². The van der Waals surface area contributed by atoms with Gasteiger partial charge in [0, 0.05) is 7.05 Å². The third-order valence-corrected chi connectivity index (χ3v) is 6.44. The zero-order chi connectivity index (χ0) is 31.8. The SMILES string of the molecule is C=C/C=C(/C)C(=C)C.CC.CC.CC.CC.CNc1nc2c(C)ccc(F)c2s1.Cc1ccc2nc(N)sc2c1. The number of allylic oxidation sites excluding steroid dienone is 4. The van der Waals surface area contributed by atoms with Gasteiger partial charge in [-0.25, -0.2) is 14.4 Å². The number of nitrogens with two attached hydrogens (primary N) is 1. The van der Waals surface area contributed by atoms with Crippen molar-refractivity contribution in [2.24, 2.45) is 0 Å². The molecule has 0 radical (unpaired) electrons. The number of nitrogen functional groups attached to an aromatic ring is 1. The Morgan fingerprint density at radius 3 is 1.95 bits per heavy atom. The van der Waals surface area contributed by atoms with Crippen LogP contribution >= 0.6 is 22.7 Å². The Kier molecular flexibility index (Phi) is 25.9. The van der Waals surface area contributed by atoms with E-state index in [1.54, 1.807) is 19.2 Å². The minimum absolute atomic E-state index is 0.195. The van der Waals surface area contributed by atoms with Crippen molar-refractivity contribution in [3.63, 3.8) is 0 Å². The van der Waals surface area contributed by atoms with Crippen molar-refractivity contribution in [3.8, 4) is 0 Å². The number of benzene rings is 2. The molecule has 0 spiro atoms. The molecule has 2 heterocycles. The smallest absolute Gasteiger partial charge is 0.183 e. The normalized spacial score (nSPS) is 9.20. The number of aromatic nitrogens is 2. The van der Waals surface area contributed by atoms with E-state index in [1.165, 1.54) is 44.6 Å². The van der Waals surface area contributed by atoms with Gasteiger partial charge < -0.3 is 11.1 Å². The van der Waals surface area contributed by atoms with E-state index in [2.05, 4.69) is 41.4 Å². The first-order chi connectivity index (χ1) is 19.2. The van der Waals surface area contributed by atoms with Gasteiger partial charge in [-0.05, 0) is 62.6 Å². The third-order valence-electron chi connectivity index (χ3n) is 4.51. The van der Waals surface area contributed by atoms with Gasteiger partial charge >= 0.3 is 0 Å². The number of fused-ring (bicyclic) bond motifs is 2. The second-order valence-corrected chi connectivity index (χ2v) is 9.26. The number of aryl methyl sites for hydroxylation is 2. The Morgan fingerprint density at radius 2 is 1.50 bits per heavy atom. The zero-order valence-corrected chi connectivity index (χ0v) is 28.8. The molecule has 0 aliphatic carbocycles. The second-order valence-electron chi connectivity index (χ2n) is 7.20. The van der Waals surface area contributed by atoms with Crippen LogP contribution in [0.3, 0.4) is 0 Å². The molecule has 0 amide bonds. The number of thiazole rings is 2. The predicted octanol–water partition coefficient (Wildman–Crippen LogP) is 11.8. The standard InChI is InChI=1S/C9H9FN2S.C8H8N2S.C8H12.4C2H6/c1-5-3-4-6(10)8-7(5)12-9(11-2)13-8;1-5-2-3-6-7(4-5)11-8(9)10-6;1-5-6-8(4)7(2)3;4*1-2/h3-4H,1-2H3,(H,11,12);2-4H,1H3,(H2,9,10);5-6H,1-2H2,3-4H3;4*1-2H3/b;;8-6-;;;;. The molecule has 7 heteroatoms. The van der Waals surface area contributed by atoms with Gasteiger partial charge in [0.25, 0.3) is 0 Å². The average molecular weight is 589 g/mol. The summed E-state index contributed by atoms with van der Waals surface area (Å²) in [5.74, 6) is -0.195. The van der Waals surface area contributed by atoms with E-state index in [9.17, 15) is 4.39 Å². The molecule has 0 unspecified atom stereocenters. The van der Waals surface area contributed by atoms with Crippen LogP contribution in [0.2, 0.25) is 0 Å². The predicted molar refractivity (Wildman–Crippen MR) is 187 cm³/mol. The number of nitrogens with one attached hydrogen (secondary N) is 1. The minimum atomic E-state index is -0.195. The van der Waals surface area contributed by atoms with Crippen LogP contribution in [0.4, 0.5) is 14.7 Å². The largest absolute Gasteiger partial charge is 0.375 e. The quantitative estimate of drug-likeness (QED) is 0.234. The summed E-state index contributed by atoms with van der Waals surface area (Å²) in [5, 5.41) is 4.31. The lowest BCUT2D eigenvalue weighted by Gasteiger charge is -1.93. The maximum atomic E-state index is 13.3. The lowest BCUT2D eigenvalue weighted by atomic mass is 10.1. The van der Waals surface area contributed by atoms with E-state index in [1.807, 2.05) is 94.4 Å². The van der Waals surface area contributed by atoms with Crippen LogP contribution in [0.15, 0.2) is 66.8 Å². The number of anilines is 2. The van der Waals surface area contributed by atoms with Crippen LogP contribution in [-0.2, 0) is 0 Å². The van der Waals surface area contributed by atoms with Crippen LogP contribution in [0, 0.1) is 19.7 Å². The molecule has 3 N–H and O–H groups in total. The molecule has 0 fully saturated rings. The van der Waals surface area contributed by atoms with Gasteiger partial charge in [0.15, 0.2) is 10.3 Å². The molecule has 4 aromatic rings. The van der Waals surface area contributed by atoms with Crippen molar-refractivity contribution >= 4 is 53.4 Å². The fourth-order valence-corrected chi connectivity index (χ4v) is 4.31. The maximum Gasteiger partial charge on any atom is 0.183 e. The summed E-state index contributed by atoms with van der Waals surface area (Å²) in [6.07, 6.45) is 3.71. The third kappa shape index (κ3) is 14.9. The van der Waals surface area contributed by atoms with Gasteiger partial charge in [0.05, 0.1) is 20.4 Å². The Bertz CT molecular complexity index is 1230. The van der Waals surface area contributed by atoms with Crippen molar-refractivity contribution in [2.45, 2.75) is 83.1 Å². The van der Waals surface area contributed by atoms with Crippen molar-refractivity contribution in [1.29, 1.82) is 0 Å². The number of nitrogens with zero attached hydrogens (tertiary/aromatic N) is 2. The van der Waals surface area contributed by atoms with Crippen molar-refractivity contribution in [1.82, 2.24) is 9.97 Å². The second kappa shape index (κ2) is 25.0. The van der Waals surface area contributed by atoms with E-state index in [4.69, 9.17) is 5.73 Å². The van der Waals surface area contributed by atoms with E-state index < -0.39 is 0 Å². The Hall–Kier alpha value is -3.03. The summed E-state index contributed by atoms with van der Waals surface area (Å²) in [7, 11) is 1.78. The molecule has 4 rings (SSSR count). The van der Waals surface area contributed by atoms with Gasteiger partial charge in [-0.1, -0.05) is 121 Å². The molecule has 40 heavy (non-hydrogen) atoms. The summed E-state index contributed by atoms with van der Waals surface area (Å²) in [6.45, 7) is 31.3. The first-order valence-corrected chi connectivity index (χ1v) is 15.6. The molecular formula is C33H53FN4S2. The summed E-state index contributed by atoms with van der Waals surface area (Å²) < 4.78 is 15.1. The van der Waals surface area contributed by atoms with Gasteiger partial charge in [-0.15, -0.1) is 0 Å². The van der Waals surface area contributed by atoms with Crippen LogP contribution in [-0.4, -0.2) is 17.0 Å². The van der Waals surface area contributed by atoms with Crippen LogP contribution in [0.5, 0.6) is 0 Å². The summed E-state index contributed by atoms with van der Waals surface area (Å²) in [6, 6.07) is 9.37. The number of rotatable bonds is 3. The lowest BCUT2D eigenvalue weighted by Crippen LogP contribution is -1.85. The van der Waals surface area contributed by atoms with E-state index in [0.29, 0.717) is 9.83 Å². The summed E-state index contributed by atoms with van der Waals surface area (Å²) in [4.78, 5) is 8.41. The molecule has 2 aromatic heterocycles. The number of hydrogen-bond acceptors (Lipinski definition) is 6. The topological polar surface area (TPSA) is 63.8 Å². The molecule has 0 saturated carbocycles. The zero-order valence-electron chi connectivity index (χ0n) is 27.1. The summed E-state index contributed by atoms with van der Waals surface area (Å²) >= 11 is 2.87. The highest BCUT2D eigenvalue weighted by Crippen LogP contribution is 2.29. The Labute approximate surface area is 252 Å². The van der Waals surface area contributed by atoms with Gasteiger partial charge in [0.1, 0.15) is 5.82 Å². The first-order valence-electron chi connectivity index (χ1n) is 14.0. The molecule has 2 aromatic carbocycles. The van der Waals surface area contributed by atoms with Crippen molar-refractivity contribution in [2.75, 3.05) is 18.1 Å². The monoisotopic (exact) mass is 588 g/mol. The molecule has 0 aliphatic rings. The molecule has 224 valence electrons. The molecule has 0 atom stereocenters. The average Bonchev–Trinajstić information content (AvgIpc) is 3.59. The number of hydrogen-bond donors (Lipinski definition) is 2. The number of halogens is 1. The van der Waals surface area contributed by atoms with Gasteiger partial charge in [-0.3, -0.25) is 0 Å². The molecule has 4 nitrogen and oxygen atoms in total. The highest BCUT2D eigenvalue weighted by atomic mass is 32.1. The highest BCUT2D eigenvalue weighted by molar-refractivity contribution is 7.22. The van der Waals surface area contributed by atoms with Crippen molar-refractivity contribution in [3.05, 3.63) is 83.7 Å². The molecule has 0 saturated heterocycles. The lowest BCUT2D eigenvalue weighted by molar-refractivity contribution is 0.641. The Morgan fingerprint density at radius 1 is 0.925 bits per heavy atom. The van der Waals surface area contributed by atoms with Crippen LogP contribution in [0.25, 0.3) is 20.4 Å². The van der Waals surface area contributed by atoms with E-state index in [0.717, 1.165) is 27.3 Å².